The molecule has 13 heavy (non-hydrogen) atoms. The van der Waals surface area contributed by atoms with Crippen LogP contribution >= 0.6 is 15.9 Å². The predicted octanol–water partition coefficient (Wildman–Crippen LogP) is 1.92. The second-order valence-corrected chi connectivity index (χ2v) is 5.81. The van der Waals surface area contributed by atoms with Crippen LogP contribution in [0.3, 0.4) is 0 Å². The second kappa shape index (κ2) is 2.78. The van der Waals surface area contributed by atoms with Crippen LogP contribution < -0.4 is 0 Å². The first-order valence-corrected chi connectivity index (χ1v) is 6.16. The Morgan fingerprint density at radius 1 is 1.38 bits per heavy atom. The van der Waals surface area contributed by atoms with Gasteiger partial charge in [-0.25, -0.2) is 12.8 Å². The molecular formula is C8H6BrFO2S. The number of halogens is 2. The molecule has 1 aliphatic rings. The van der Waals surface area contributed by atoms with Gasteiger partial charge in [-0.15, -0.1) is 0 Å². The summed E-state index contributed by atoms with van der Waals surface area (Å²) in [7, 11) is -3.36. The van der Waals surface area contributed by atoms with E-state index in [1.54, 1.807) is 0 Å². The number of fused-ring (bicyclic) bond motifs is 1. The molecule has 0 N–H and O–H groups in total. The van der Waals surface area contributed by atoms with Gasteiger partial charge in [0, 0.05) is 4.47 Å². The van der Waals surface area contributed by atoms with Gasteiger partial charge >= 0.3 is 0 Å². The molecule has 1 aliphatic heterocycles. The zero-order valence-corrected chi connectivity index (χ0v) is 8.95. The number of benzene rings is 1. The summed E-state index contributed by atoms with van der Waals surface area (Å²) in [5.41, 5.74) is 0.569. The molecule has 0 amide bonds. The van der Waals surface area contributed by atoms with Crippen molar-refractivity contribution in [2.75, 3.05) is 5.75 Å². The van der Waals surface area contributed by atoms with Crippen LogP contribution in [0.25, 0.3) is 0 Å². The Labute approximate surface area is 83.8 Å². The molecule has 0 aromatic heterocycles. The molecule has 0 bridgehead atoms. The van der Waals surface area contributed by atoms with Crippen molar-refractivity contribution in [1.82, 2.24) is 0 Å². The zero-order valence-electron chi connectivity index (χ0n) is 6.55. The van der Waals surface area contributed by atoms with E-state index in [9.17, 15) is 12.8 Å². The normalized spacial score (nSPS) is 18.6. The van der Waals surface area contributed by atoms with Gasteiger partial charge in [0.05, 0.1) is 5.75 Å². The highest BCUT2D eigenvalue weighted by atomic mass is 79.9. The fourth-order valence-corrected chi connectivity index (χ4v) is 3.77. The van der Waals surface area contributed by atoms with Gasteiger partial charge in [0.2, 0.25) is 0 Å². The van der Waals surface area contributed by atoms with Crippen LogP contribution in [0, 0.1) is 5.82 Å². The third kappa shape index (κ3) is 1.30. The van der Waals surface area contributed by atoms with Gasteiger partial charge in [0.15, 0.2) is 9.84 Å². The first-order chi connectivity index (χ1) is 6.02. The zero-order chi connectivity index (χ0) is 9.64. The van der Waals surface area contributed by atoms with Crippen LogP contribution in [0.2, 0.25) is 0 Å². The molecule has 5 heteroatoms. The van der Waals surface area contributed by atoms with Crippen LogP contribution in [0.4, 0.5) is 4.39 Å². The predicted molar refractivity (Wildman–Crippen MR) is 49.9 cm³/mol. The lowest BCUT2D eigenvalue weighted by Gasteiger charge is -2.01. The lowest BCUT2D eigenvalue weighted by Crippen LogP contribution is -2.01. The van der Waals surface area contributed by atoms with Crippen molar-refractivity contribution in [3.8, 4) is 0 Å². The molecule has 2 nitrogen and oxygen atoms in total. The van der Waals surface area contributed by atoms with Crippen LogP contribution in [0.5, 0.6) is 0 Å². The van der Waals surface area contributed by atoms with Crippen molar-refractivity contribution in [3.05, 3.63) is 28.0 Å². The van der Waals surface area contributed by atoms with Crippen molar-refractivity contribution in [2.45, 2.75) is 11.3 Å². The van der Waals surface area contributed by atoms with Crippen LogP contribution in [0.1, 0.15) is 5.56 Å². The van der Waals surface area contributed by atoms with Gasteiger partial charge in [0.1, 0.15) is 10.7 Å². The number of sulfone groups is 1. The molecule has 1 aromatic rings. The summed E-state index contributed by atoms with van der Waals surface area (Å²) in [6.07, 6.45) is 0.399. The smallest absolute Gasteiger partial charge is 0.181 e. The van der Waals surface area contributed by atoms with E-state index in [2.05, 4.69) is 15.9 Å². The Hall–Kier alpha value is -0.420. The van der Waals surface area contributed by atoms with Gasteiger partial charge in [-0.05, 0) is 24.1 Å². The Morgan fingerprint density at radius 3 is 2.69 bits per heavy atom. The van der Waals surface area contributed by atoms with Gasteiger partial charge in [0.25, 0.3) is 0 Å². The number of hydrogen-bond donors (Lipinski definition) is 0. The van der Waals surface area contributed by atoms with E-state index in [0.717, 1.165) is 0 Å². The molecule has 0 fully saturated rings. The number of rotatable bonds is 0. The number of hydrogen-bond acceptors (Lipinski definition) is 2. The maximum absolute atomic E-state index is 13.2. The lowest BCUT2D eigenvalue weighted by atomic mass is 10.2. The van der Waals surface area contributed by atoms with E-state index in [1.807, 2.05) is 0 Å². The molecule has 0 aliphatic carbocycles. The van der Waals surface area contributed by atoms with Crippen molar-refractivity contribution in [3.63, 3.8) is 0 Å². The van der Waals surface area contributed by atoms with Crippen LogP contribution in [-0.4, -0.2) is 14.2 Å². The van der Waals surface area contributed by atoms with E-state index in [-0.39, 0.29) is 10.6 Å². The van der Waals surface area contributed by atoms with Crippen LogP contribution in [0.15, 0.2) is 21.5 Å². The van der Waals surface area contributed by atoms with Crippen molar-refractivity contribution < 1.29 is 12.8 Å². The minimum atomic E-state index is -3.36. The van der Waals surface area contributed by atoms with E-state index in [0.29, 0.717) is 16.5 Å². The molecule has 70 valence electrons. The standard InChI is InChI=1S/C8H6BrFO2S/c9-6-1-2-7(10)8-5(6)3-4-13(8,11)12/h1-2H,3-4H2. The molecule has 2 rings (SSSR count). The Morgan fingerprint density at radius 2 is 2.08 bits per heavy atom. The topological polar surface area (TPSA) is 34.1 Å². The van der Waals surface area contributed by atoms with E-state index < -0.39 is 15.7 Å². The Balaban J connectivity index is 2.85. The molecule has 0 radical (unpaired) electrons. The second-order valence-electron chi connectivity index (χ2n) is 2.91. The average Bonchev–Trinajstić information content (AvgIpc) is 2.36. The summed E-state index contributed by atoms with van der Waals surface area (Å²) in [6.45, 7) is 0. The molecule has 1 aromatic carbocycles. The largest absolute Gasteiger partial charge is 0.224 e. The highest BCUT2D eigenvalue weighted by molar-refractivity contribution is 9.10. The SMILES string of the molecule is O=S1(=O)CCc2c(Br)ccc(F)c21. The van der Waals surface area contributed by atoms with Crippen molar-refractivity contribution >= 4 is 25.8 Å². The van der Waals surface area contributed by atoms with Gasteiger partial charge < -0.3 is 0 Å². The Bertz CT molecular complexity index is 467. The summed E-state index contributed by atoms with van der Waals surface area (Å²) >= 11 is 3.20. The molecule has 0 saturated carbocycles. The van der Waals surface area contributed by atoms with E-state index >= 15 is 0 Å². The summed E-state index contributed by atoms with van der Waals surface area (Å²) in [4.78, 5) is -0.123. The maximum atomic E-state index is 13.2. The highest BCUT2D eigenvalue weighted by Crippen LogP contribution is 2.33. The summed E-state index contributed by atoms with van der Waals surface area (Å²) in [5.74, 6) is -0.627. The van der Waals surface area contributed by atoms with Gasteiger partial charge in [-0.3, -0.25) is 0 Å². The average molecular weight is 265 g/mol. The summed E-state index contributed by atoms with van der Waals surface area (Å²) in [5, 5.41) is 0. The molecular weight excluding hydrogens is 259 g/mol. The minimum Gasteiger partial charge on any atom is -0.224 e. The first-order valence-electron chi connectivity index (χ1n) is 3.72. The lowest BCUT2D eigenvalue weighted by molar-refractivity contribution is 0.571. The molecule has 0 atom stereocenters. The van der Waals surface area contributed by atoms with Crippen molar-refractivity contribution in [1.29, 1.82) is 0 Å². The monoisotopic (exact) mass is 264 g/mol. The van der Waals surface area contributed by atoms with Gasteiger partial charge in [-0.2, -0.15) is 0 Å². The third-order valence-corrected chi connectivity index (χ3v) is 4.64. The molecule has 0 saturated heterocycles. The van der Waals surface area contributed by atoms with E-state index in [1.165, 1.54) is 12.1 Å². The quantitative estimate of drug-likeness (QED) is 0.718. The van der Waals surface area contributed by atoms with Crippen molar-refractivity contribution in [2.24, 2.45) is 0 Å². The third-order valence-electron chi connectivity index (χ3n) is 2.09. The summed E-state index contributed by atoms with van der Waals surface area (Å²) < 4.78 is 36.6. The maximum Gasteiger partial charge on any atom is 0.181 e. The van der Waals surface area contributed by atoms with Gasteiger partial charge in [-0.1, -0.05) is 15.9 Å². The van der Waals surface area contributed by atoms with Crippen LogP contribution in [-0.2, 0) is 16.3 Å². The summed E-state index contributed by atoms with van der Waals surface area (Å²) in [6, 6.07) is 2.71. The van der Waals surface area contributed by atoms with E-state index in [4.69, 9.17) is 0 Å². The fraction of sp³-hybridized carbons (Fsp3) is 0.250. The Kier molecular flexibility index (Phi) is 1.96. The molecule has 0 spiro atoms. The molecule has 1 heterocycles. The minimum absolute atomic E-state index is 0.0157. The highest BCUT2D eigenvalue weighted by Gasteiger charge is 2.31. The molecule has 0 unspecified atom stereocenters. The first kappa shape index (κ1) is 9.15. The fourth-order valence-electron chi connectivity index (χ4n) is 1.48.